The summed E-state index contributed by atoms with van der Waals surface area (Å²) >= 11 is 6.35. The van der Waals surface area contributed by atoms with Gasteiger partial charge in [-0.1, -0.05) is 28.1 Å². The van der Waals surface area contributed by atoms with E-state index in [1.807, 2.05) is 12.1 Å². The summed E-state index contributed by atoms with van der Waals surface area (Å²) in [7, 11) is 1.58. The molecule has 2 aromatic carbocycles. The first-order valence-corrected chi connectivity index (χ1v) is 8.74. The number of ether oxygens (including phenoxy) is 2. The molecule has 1 amide bonds. The second-order valence-corrected chi connectivity index (χ2v) is 6.75. The second-order valence-electron chi connectivity index (χ2n) is 4.98. The van der Waals surface area contributed by atoms with Gasteiger partial charge in [0.25, 0.3) is 5.91 Å². The summed E-state index contributed by atoms with van der Waals surface area (Å²) in [6, 6.07) is 10.2. The maximum absolute atomic E-state index is 12.0. The monoisotopic (exact) mass is 471 g/mol. The van der Waals surface area contributed by atoms with Crippen molar-refractivity contribution >= 4 is 43.7 Å². The van der Waals surface area contributed by atoms with E-state index in [4.69, 9.17) is 9.47 Å². The molecule has 0 spiro atoms. The molecule has 0 bridgehead atoms. The molecule has 0 heterocycles. The molecule has 2 N–H and O–H groups in total. The van der Waals surface area contributed by atoms with Crippen molar-refractivity contribution in [1.29, 1.82) is 0 Å². The Kier molecular flexibility index (Phi) is 6.83. The fraction of sp³-hybridized carbons (Fsp3) is 0.176. The first kappa shape index (κ1) is 19.3. The van der Waals surface area contributed by atoms with E-state index in [0.29, 0.717) is 15.5 Å². The molecule has 6 nitrogen and oxygen atoms in total. The Balaban J connectivity index is 1.86. The molecule has 25 heavy (non-hydrogen) atoms. The van der Waals surface area contributed by atoms with Crippen LogP contribution in [0.15, 0.2) is 45.3 Å². The van der Waals surface area contributed by atoms with Crippen LogP contribution in [0.3, 0.4) is 0 Å². The third-order valence-electron chi connectivity index (χ3n) is 3.23. The van der Waals surface area contributed by atoms with Gasteiger partial charge in [0, 0.05) is 11.0 Å². The number of aromatic hydroxyl groups is 1. The highest BCUT2D eigenvalue weighted by molar-refractivity contribution is 9.11. The number of nitrogens with one attached hydrogen (secondary N) is 1. The van der Waals surface area contributed by atoms with Gasteiger partial charge in [0.1, 0.15) is 17.1 Å². The van der Waals surface area contributed by atoms with Crippen molar-refractivity contribution in [2.24, 2.45) is 0 Å². The highest BCUT2D eigenvalue weighted by Crippen LogP contribution is 2.32. The summed E-state index contributed by atoms with van der Waals surface area (Å²) in [5, 5.41) is 12.5. The lowest BCUT2D eigenvalue weighted by molar-refractivity contribution is -0.124. The molecule has 0 aliphatic carbocycles. The Bertz CT molecular complexity index is 777. The Hall–Kier alpha value is -2.06. The largest absolute Gasteiger partial charge is 0.506 e. The summed E-state index contributed by atoms with van der Waals surface area (Å²) < 4.78 is 10.9. The molecule has 0 aliphatic rings. The van der Waals surface area contributed by atoms with E-state index < -0.39 is 18.5 Å². The highest BCUT2D eigenvalue weighted by Gasteiger charge is 2.17. The van der Waals surface area contributed by atoms with E-state index in [0.717, 1.165) is 11.3 Å². The molecular formula is C17H15Br2NO5. The van der Waals surface area contributed by atoms with Crippen LogP contribution in [0.25, 0.3) is 0 Å². The van der Waals surface area contributed by atoms with Crippen LogP contribution in [-0.2, 0) is 16.1 Å². The number of halogens is 2. The molecule has 2 aromatic rings. The van der Waals surface area contributed by atoms with Gasteiger partial charge in [-0.05, 0) is 45.8 Å². The van der Waals surface area contributed by atoms with Crippen LogP contribution in [0.5, 0.6) is 11.5 Å². The third-order valence-corrected chi connectivity index (χ3v) is 4.29. The number of hydrogen-bond acceptors (Lipinski definition) is 5. The van der Waals surface area contributed by atoms with Crippen molar-refractivity contribution < 1.29 is 24.2 Å². The maximum Gasteiger partial charge on any atom is 0.342 e. The van der Waals surface area contributed by atoms with Crippen LogP contribution < -0.4 is 10.1 Å². The number of carbonyl (C=O) groups excluding carboxylic acids is 2. The van der Waals surface area contributed by atoms with Gasteiger partial charge < -0.3 is 19.9 Å². The van der Waals surface area contributed by atoms with E-state index in [9.17, 15) is 14.7 Å². The molecule has 8 heteroatoms. The number of methoxy groups -OCH3 is 1. The van der Waals surface area contributed by atoms with Gasteiger partial charge >= 0.3 is 5.97 Å². The first-order valence-electron chi connectivity index (χ1n) is 7.15. The fourth-order valence-corrected chi connectivity index (χ4v) is 3.15. The van der Waals surface area contributed by atoms with Crippen molar-refractivity contribution in [3.05, 3.63) is 56.5 Å². The zero-order valence-electron chi connectivity index (χ0n) is 13.2. The molecule has 0 saturated carbocycles. The predicted molar refractivity (Wildman–Crippen MR) is 98.6 cm³/mol. The normalized spacial score (nSPS) is 10.2. The van der Waals surface area contributed by atoms with E-state index in [-0.39, 0.29) is 11.3 Å². The molecule has 2 rings (SSSR count). The molecule has 0 radical (unpaired) electrons. The lowest BCUT2D eigenvalue weighted by atomic mass is 10.2. The Morgan fingerprint density at radius 1 is 1.16 bits per heavy atom. The molecule has 132 valence electrons. The maximum atomic E-state index is 12.0. The van der Waals surface area contributed by atoms with Gasteiger partial charge in [0.2, 0.25) is 0 Å². The number of phenolic OH excluding ortho intramolecular Hbond substituents is 1. The van der Waals surface area contributed by atoms with Gasteiger partial charge in [-0.15, -0.1) is 0 Å². The Morgan fingerprint density at radius 3 is 2.48 bits per heavy atom. The molecule has 0 aliphatic heterocycles. The standard InChI is InChI=1S/C17H15Br2NO5/c1-24-12-4-2-10(3-5-12)8-20-15(21)9-25-17(23)13-6-11(18)7-14(19)16(13)22/h2-7,22H,8-9H2,1H3,(H,20,21). The highest BCUT2D eigenvalue weighted by atomic mass is 79.9. The minimum Gasteiger partial charge on any atom is -0.506 e. The number of benzene rings is 2. The average Bonchev–Trinajstić information content (AvgIpc) is 2.61. The molecular weight excluding hydrogens is 458 g/mol. The van der Waals surface area contributed by atoms with Crippen LogP contribution >= 0.6 is 31.9 Å². The first-order chi connectivity index (χ1) is 11.9. The second kappa shape index (κ2) is 8.87. The molecule has 0 unspecified atom stereocenters. The molecule has 0 atom stereocenters. The Morgan fingerprint density at radius 2 is 1.84 bits per heavy atom. The SMILES string of the molecule is COc1ccc(CNC(=O)COC(=O)c2cc(Br)cc(Br)c2O)cc1. The molecule has 0 fully saturated rings. The lowest BCUT2D eigenvalue weighted by Crippen LogP contribution is -2.28. The van der Waals surface area contributed by atoms with Crippen molar-refractivity contribution in [3.8, 4) is 11.5 Å². The van der Waals surface area contributed by atoms with E-state index >= 15 is 0 Å². The van der Waals surface area contributed by atoms with E-state index in [1.165, 1.54) is 6.07 Å². The summed E-state index contributed by atoms with van der Waals surface area (Å²) in [5.41, 5.74) is 0.846. The molecule has 0 saturated heterocycles. The number of esters is 1. The topological polar surface area (TPSA) is 84.9 Å². The number of rotatable bonds is 6. The minimum atomic E-state index is -0.793. The van der Waals surface area contributed by atoms with Crippen LogP contribution in [0, 0.1) is 0 Å². The van der Waals surface area contributed by atoms with Crippen LogP contribution in [-0.4, -0.2) is 30.7 Å². The van der Waals surface area contributed by atoms with Gasteiger partial charge in [-0.2, -0.15) is 0 Å². The average molecular weight is 473 g/mol. The zero-order valence-corrected chi connectivity index (χ0v) is 16.4. The van der Waals surface area contributed by atoms with Crippen molar-refractivity contribution in [3.63, 3.8) is 0 Å². The Labute approximate surface area is 161 Å². The van der Waals surface area contributed by atoms with Gasteiger partial charge in [0.05, 0.1) is 11.6 Å². The number of hydrogen-bond donors (Lipinski definition) is 2. The van der Waals surface area contributed by atoms with Crippen molar-refractivity contribution in [1.82, 2.24) is 5.32 Å². The quantitative estimate of drug-likeness (QED) is 0.629. The number of amides is 1. The summed E-state index contributed by atoms with van der Waals surface area (Å²) in [5.74, 6) is -0.757. The summed E-state index contributed by atoms with van der Waals surface area (Å²) in [6.07, 6.45) is 0. The third kappa shape index (κ3) is 5.47. The van der Waals surface area contributed by atoms with Crippen molar-refractivity contribution in [2.45, 2.75) is 6.54 Å². The summed E-state index contributed by atoms with van der Waals surface area (Å²) in [6.45, 7) is -0.146. The van der Waals surface area contributed by atoms with E-state index in [2.05, 4.69) is 37.2 Å². The van der Waals surface area contributed by atoms with Gasteiger partial charge in [-0.3, -0.25) is 4.79 Å². The fourth-order valence-electron chi connectivity index (χ4n) is 1.93. The smallest absolute Gasteiger partial charge is 0.342 e. The number of phenols is 1. The predicted octanol–water partition coefficient (Wildman–Crippen LogP) is 3.40. The van der Waals surface area contributed by atoms with E-state index in [1.54, 1.807) is 25.3 Å². The van der Waals surface area contributed by atoms with Gasteiger partial charge in [-0.25, -0.2) is 4.79 Å². The van der Waals surface area contributed by atoms with Crippen LogP contribution in [0.2, 0.25) is 0 Å². The minimum absolute atomic E-state index is 0.0378. The summed E-state index contributed by atoms with van der Waals surface area (Å²) in [4.78, 5) is 23.8. The van der Waals surface area contributed by atoms with Gasteiger partial charge in [0.15, 0.2) is 6.61 Å². The van der Waals surface area contributed by atoms with Crippen LogP contribution in [0.4, 0.5) is 0 Å². The zero-order chi connectivity index (χ0) is 18.4. The van der Waals surface area contributed by atoms with Crippen LogP contribution in [0.1, 0.15) is 15.9 Å². The number of carbonyl (C=O) groups is 2. The molecule has 0 aromatic heterocycles. The van der Waals surface area contributed by atoms with Crippen molar-refractivity contribution in [2.75, 3.05) is 13.7 Å². The lowest BCUT2D eigenvalue weighted by Gasteiger charge is -2.09.